The summed E-state index contributed by atoms with van der Waals surface area (Å²) in [5.41, 5.74) is 4.01. The van der Waals surface area contributed by atoms with E-state index >= 15 is 0 Å². The Balaban J connectivity index is 2.04. The van der Waals surface area contributed by atoms with Gasteiger partial charge in [-0.1, -0.05) is 6.07 Å². The number of aryl methyl sites for hydroxylation is 2. The molecule has 3 heteroatoms. The van der Waals surface area contributed by atoms with E-state index in [0.29, 0.717) is 6.04 Å². The van der Waals surface area contributed by atoms with Gasteiger partial charge in [-0.3, -0.25) is 4.90 Å². The van der Waals surface area contributed by atoms with Gasteiger partial charge in [0.2, 0.25) is 0 Å². The lowest BCUT2D eigenvalue weighted by Gasteiger charge is -2.36. The van der Waals surface area contributed by atoms with E-state index in [4.69, 9.17) is 0 Å². The molecule has 1 atom stereocenters. The standard InChI is InChI=1S/C15H25N3/c1-12-7-13(2)9-14(8-12)18(4)11-15-10-16-5-6-17(15)3/h7-9,15-16H,5-6,10-11H2,1-4H3. The van der Waals surface area contributed by atoms with Crippen LogP contribution in [0.5, 0.6) is 0 Å². The van der Waals surface area contributed by atoms with Gasteiger partial charge in [0.1, 0.15) is 0 Å². The number of hydrogen-bond acceptors (Lipinski definition) is 3. The van der Waals surface area contributed by atoms with Crippen LogP contribution in [0.3, 0.4) is 0 Å². The molecule has 1 aromatic rings. The molecule has 0 aliphatic carbocycles. The second-order valence-corrected chi connectivity index (χ2v) is 5.56. The summed E-state index contributed by atoms with van der Waals surface area (Å²) in [5.74, 6) is 0. The van der Waals surface area contributed by atoms with E-state index in [2.05, 4.69) is 61.3 Å². The highest BCUT2D eigenvalue weighted by molar-refractivity contribution is 5.50. The van der Waals surface area contributed by atoms with Crippen molar-refractivity contribution in [2.75, 3.05) is 45.2 Å². The minimum atomic E-state index is 0.601. The number of nitrogens with one attached hydrogen (secondary N) is 1. The molecule has 0 aromatic heterocycles. The highest BCUT2D eigenvalue weighted by Gasteiger charge is 2.20. The van der Waals surface area contributed by atoms with Crippen molar-refractivity contribution in [1.29, 1.82) is 0 Å². The third-order valence-corrected chi connectivity index (χ3v) is 3.78. The molecule has 1 aliphatic heterocycles. The monoisotopic (exact) mass is 247 g/mol. The highest BCUT2D eigenvalue weighted by Crippen LogP contribution is 2.18. The Kier molecular flexibility index (Phi) is 4.25. The fourth-order valence-electron chi connectivity index (χ4n) is 2.66. The summed E-state index contributed by atoms with van der Waals surface area (Å²) in [6, 6.07) is 7.36. The van der Waals surface area contributed by atoms with Crippen LogP contribution < -0.4 is 10.2 Å². The lowest BCUT2D eigenvalue weighted by atomic mass is 10.1. The van der Waals surface area contributed by atoms with E-state index in [1.807, 2.05) is 0 Å². The van der Waals surface area contributed by atoms with Crippen molar-refractivity contribution < 1.29 is 0 Å². The van der Waals surface area contributed by atoms with Crippen molar-refractivity contribution in [2.45, 2.75) is 19.9 Å². The van der Waals surface area contributed by atoms with E-state index < -0.39 is 0 Å². The zero-order valence-electron chi connectivity index (χ0n) is 12.0. The zero-order chi connectivity index (χ0) is 13.1. The summed E-state index contributed by atoms with van der Waals surface area (Å²) < 4.78 is 0. The fraction of sp³-hybridized carbons (Fsp3) is 0.600. The molecule has 2 rings (SSSR count). The molecule has 1 N–H and O–H groups in total. The van der Waals surface area contributed by atoms with E-state index in [9.17, 15) is 0 Å². The van der Waals surface area contributed by atoms with Gasteiger partial charge in [-0.2, -0.15) is 0 Å². The Hall–Kier alpha value is -1.06. The Morgan fingerprint density at radius 2 is 1.94 bits per heavy atom. The summed E-state index contributed by atoms with van der Waals surface area (Å²) in [7, 11) is 4.41. The first-order valence-electron chi connectivity index (χ1n) is 6.76. The molecular weight excluding hydrogens is 222 g/mol. The van der Waals surface area contributed by atoms with Gasteiger partial charge in [0.05, 0.1) is 0 Å². The lowest BCUT2D eigenvalue weighted by molar-refractivity contribution is 0.204. The fourth-order valence-corrected chi connectivity index (χ4v) is 2.66. The number of nitrogens with zero attached hydrogens (tertiary/aromatic N) is 2. The Bertz CT molecular complexity index is 382. The van der Waals surface area contributed by atoms with Crippen LogP contribution in [0.1, 0.15) is 11.1 Å². The maximum Gasteiger partial charge on any atom is 0.0393 e. The van der Waals surface area contributed by atoms with E-state index in [0.717, 1.165) is 26.2 Å². The molecule has 0 radical (unpaired) electrons. The van der Waals surface area contributed by atoms with E-state index in [1.165, 1.54) is 16.8 Å². The molecule has 0 spiro atoms. The van der Waals surface area contributed by atoms with Gasteiger partial charge in [-0.25, -0.2) is 0 Å². The third kappa shape index (κ3) is 3.24. The van der Waals surface area contributed by atoms with Crippen LogP contribution in [0.4, 0.5) is 5.69 Å². The highest BCUT2D eigenvalue weighted by atomic mass is 15.2. The van der Waals surface area contributed by atoms with Crippen molar-refractivity contribution in [3.8, 4) is 0 Å². The van der Waals surface area contributed by atoms with Gasteiger partial charge in [0.25, 0.3) is 0 Å². The first-order valence-corrected chi connectivity index (χ1v) is 6.76. The van der Waals surface area contributed by atoms with Crippen LogP contribution in [0, 0.1) is 13.8 Å². The summed E-state index contributed by atoms with van der Waals surface area (Å²) in [4.78, 5) is 4.82. The van der Waals surface area contributed by atoms with Gasteiger partial charge >= 0.3 is 0 Å². The summed E-state index contributed by atoms with van der Waals surface area (Å²) in [6.07, 6.45) is 0. The topological polar surface area (TPSA) is 18.5 Å². The largest absolute Gasteiger partial charge is 0.373 e. The summed E-state index contributed by atoms with van der Waals surface area (Å²) >= 11 is 0. The first kappa shape index (κ1) is 13.4. The smallest absolute Gasteiger partial charge is 0.0393 e. The molecule has 1 saturated heterocycles. The number of anilines is 1. The third-order valence-electron chi connectivity index (χ3n) is 3.78. The number of rotatable bonds is 3. The van der Waals surface area contributed by atoms with E-state index in [-0.39, 0.29) is 0 Å². The number of piperazine rings is 1. The molecule has 1 aliphatic rings. The molecule has 1 fully saturated rings. The number of likely N-dealkylation sites (N-methyl/N-ethyl adjacent to an activating group) is 2. The Morgan fingerprint density at radius 3 is 2.56 bits per heavy atom. The van der Waals surface area contributed by atoms with Crippen LogP contribution >= 0.6 is 0 Å². The minimum absolute atomic E-state index is 0.601. The number of benzene rings is 1. The Morgan fingerprint density at radius 1 is 1.28 bits per heavy atom. The van der Waals surface area contributed by atoms with E-state index in [1.54, 1.807) is 0 Å². The van der Waals surface area contributed by atoms with Crippen molar-refractivity contribution in [3.05, 3.63) is 29.3 Å². The zero-order valence-corrected chi connectivity index (χ0v) is 12.0. The molecule has 0 saturated carbocycles. The lowest BCUT2D eigenvalue weighted by Crippen LogP contribution is -2.53. The van der Waals surface area contributed by atoms with Crippen LogP contribution in [0.15, 0.2) is 18.2 Å². The second kappa shape index (κ2) is 5.72. The van der Waals surface area contributed by atoms with Crippen molar-refractivity contribution in [1.82, 2.24) is 10.2 Å². The minimum Gasteiger partial charge on any atom is -0.373 e. The molecule has 100 valence electrons. The quantitative estimate of drug-likeness (QED) is 0.876. The number of hydrogen-bond donors (Lipinski definition) is 1. The summed E-state index contributed by atoms with van der Waals surface area (Å²) in [5, 5.41) is 3.48. The van der Waals surface area contributed by atoms with Gasteiger partial charge in [-0.15, -0.1) is 0 Å². The van der Waals surface area contributed by atoms with Crippen LogP contribution in [-0.4, -0.2) is 51.2 Å². The van der Waals surface area contributed by atoms with Gasteiger partial charge in [0, 0.05) is 45.0 Å². The molecule has 1 aromatic carbocycles. The van der Waals surface area contributed by atoms with Gasteiger partial charge < -0.3 is 10.2 Å². The predicted molar refractivity (Wildman–Crippen MR) is 78.5 cm³/mol. The van der Waals surface area contributed by atoms with Crippen molar-refractivity contribution in [2.24, 2.45) is 0 Å². The van der Waals surface area contributed by atoms with Crippen LogP contribution in [0.2, 0.25) is 0 Å². The van der Waals surface area contributed by atoms with Gasteiger partial charge in [-0.05, 0) is 44.2 Å². The molecule has 18 heavy (non-hydrogen) atoms. The van der Waals surface area contributed by atoms with Crippen molar-refractivity contribution >= 4 is 5.69 Å². The van der Waals surface area contributed by atoms with Crippen molar-refractivity contribution in [3.63, 3.8) is 0 Å². The predicted octanol–water partition coefficient (Wildman–Crippen LogP) is 1.64. The molecule has 3 nitrogen and oxygen atoms in total. The van der Waals surface area contributed by atoms with Crippen LogP contribution in [0.25, 0.3) is 0 Å². The summed E-state index contributed by atoms with van der Waals surface area (Å²) in [6.45, 7) is 8.75. The molecule has 1 heterocycles. The molecule has 0 bridgehead atoms. The average Bonchev–Trinajstić information content (AvgIpc) is 2.31. The average molecular weight is 247 g/mol. The molecular formula is C15H25N3. The molecule has 0 amide bonds. The first-order chi connectivity index (χ1) is 8.56. The molecule has 1 unspecified atom stereocenters. The SMILES string of the molecule is Cc1cc(C)cc(N(C)CC2CNCCN2C)c1. The van der Waals surface area contributed by atoms with Crippen LogP contribution in [-0.2, 0) is 0 Å². The normalized spacial score (nSPS) is 21.0. The Labute approximate surface area is 111 Å². The maximum absolute atomic E-state index is 3.48. The second-order valence-electron chi connectivity index (χ2n) is 5.56. The maximum atomic E-state index is 3.48. The van der Waals surface area contributed by atoms with Gasteiger partial charge in [0.15, 0.2) is 0 Å².